The zero-order chi connectivity index (χ0) is 17.1. The van der Waals surface area contributed by atoms with E-state index in [0.29, 0.717) is 11.9 Å². The van der Waals surface area contributed by atoms with E-state index >= 15 is 0 Å². The van der Waals surface area contributed by atoms with E-state index in [2.05, 4.69) is 27.1 Å². The monoisotopic (exact) mass is 348 g/mol. The molecule has 0 aliphatic carbocycles. The van der Waals surface area contributed by atoms with Crippen LogP contribution in [-0.4, -0.2) is 47.7 Å². The van der Waals surface area contributed by atoms with Gasteiger partial charge in [0.1, 0.15) is 11.9 Å². The molecule has 2 aromatic rings. The van der Waals surface area contributed by atoms with Crippen molar-refractivity contribution < 1.29 is 9.47 Å². The van der Waals surface area contributed by atoms with E-state index in [9.17, 15) is 0 Å². The molecule has 1 aliphatic heterocycles. The molecule has 3 heterocycles. The summed E-state index contributed by atoms with van der Waals surface area (Å²) in [4.78, 5) is 12.3. The summed E-state index contributed by atoms with van der Waals surface area (Å²) in [7, 11) is 3.52. The molecule has 24 heavy (non-hydrogen) atoms. The topological polar surface area (TPSA) is 59.5 Å². The fraction of sp³-hybridized carbons (Fsp3) is 0.529. The van der Waals surface area contributed by atoms with Crippen molar-refractivity contribution in [3.05, 3.63) is 28.9 Å². The molecule has 2 unspecified atom stereocenters. The van der Waals surface area contributed by atoms with Crippen LogP contribution < -0.4 is 14.8 Å². The molecule has 0 bridgehead atoms. The molecule has 0 spiro atoms. The minimum atomic E-state index is 0.186. The number of anilines is 1. The van der Waals surface area contributed by atoms with Crippen LogP contribution in [0.15, 0.2) is 18.5 Å². The molecule has 0 amide bonds. The second kappa shape index (κ2) is 7.36. The maximum absolute atomic E-state index is 6.19. The molecule has 0 radical (unpaired) electrons. The van der Waals surface area contributed by atoms with Gasteiger partial charge in [-0.2, -0.15) is 0 Å². The maximum atomic E-state index is 6.19. The van der Waals surface area contributed by atoms with Crippen molar-refractivity contribution in [1.29, 1.82) is 0 Å². The zero-order valence-corrected chi connectivity index (χ0v) is 15.4. The van der Waals surface area contributed by atoms with E-state index < -0.39 is 0 Å². The molecule has 1 fully saturated rings. The van der Waals surface area contributed by atoms with E-state index in [4.69, 9.17) is 9.47 Å². The van der Waals surface area contributed by atoms with Gasteiger partial charge in [0.15, 0.2) is 5.13 Å². The van der Waals surface area contributed by atoms with Crippen molar-refractivity contribution in [3.8, 4) is 11.6 Å². The lowest BCUT2D eigenvalue weighted by Crippen LogP contribution is -2.27. The average Bonchev–Trinajstić information content (AvgIpc) is 3.16. The Bertz CT molecular complexity index is 691. The highest BCUT2D eigenvalue weighted by atomic mass is 32.1. The number of aryl methyl sites for hydroxylation is 1. The van der Waals surface area contributed by atoms with Gasteiger partial charge in [0.05, 0.1) is 13.3 Å². The summed E-state index contributed by atoms with van der Waals surface area (Å²) >= 11 is 1.70. The molecule has 0 saturated carbocycles. The van der Waals surface area contributed by atoms with E-state index in [-0.39, 0.29) is 6.10 Å². The van der Waals surface area contributed by atoms with Crippen molar-refractivity contribution >= 4 is 16.5 Å². The summed E-state index contributed by atoms with van der Waals surface area (Å²) in [6, 6.07) is 2.39. The summed E-state index contributed by atoms with van der Waals surface area (Å²) in [5.74, 6) is 1.46. The number of hydrogen-bond donors (Lipinski definition) is 1. The third kappa shape index (κ3) is 3.79. The summed E-state index contributed by atoms with van der Waals surface area (Å²) in [6.45, 7) is 6.11. The van der Waals surface area contributed by atoms with Gasteiger partial charge in [-0.1, -0.05) is 0 Å². The van der Waals surface area contributed by atoms with Gasteiger partial charge in [-0.25, -0.2) is 9.97 Å². The molecule has 6 nitrogen and oxygen atoms in total. The molecule has 3 rings (SSSR count). The average molecular weight is 348 g/mol. The molecule has 2 atom stereocenters. The van der Waals surface area contributed by atoms with Crippen molar-refractivity contribution in [1.82, 2.24) is 14.9 Å². The third-order valence-electron chi connectivity index (χ3n) is 4.33. The van der Waals surface area contributed by atoms with E-state index in [1.54, 1.807) is 24.6 Å². The molecular formula is C17H24N4O2S. The van der Waals surface area contributed by atoms with Gasteiger partial charge < -0.3 is 14.8 Å². The lowest BCUT2D eigenvalue weighted by molar-refractivity contribution is 0.193. The Balaban J connectivity index is 1.61. The first kappa shape index (κ1) is 17.0. The Morgan fingerprint density at radius 1 is 1.38 bits per heavy atom. The second-order valence-corrected chi connectivity index (χ2v) is 7.24. The first-order chi connectivity index (χ1) is 11.6. The van der Waals surface area contributed by atoms with Gasteiger partial charge in [0.2, 0.25) is 5.88 Å². The standard InChI is InChI=1S/C17H24N4O2S/c1-11-5-16(22-4)19-8-15(11)23-13-6-12(2)21(9-13)10-14-7-20-17(18-3)24-14/h5,7-8,12-13H,6,9-10H2,1-4H3,(H,18,20). The highest BCUT2D eigenvalue weighted by molar-refractivity contribution is 7.15. The molecule has 130 valence electrons. The third-order valence-corrected chi connectivity index (χ3v) is 5.33. The molecule has 1 aliphatic rings. The van der Waals surface area contributed by atoms with Crippen molar-refractivity contribution in [2.75, 3.05) is 26.0 Å². The number of thiazole rings is 1. The fourth-order valence-electron chi connectivity index (χ4n) is 2.98. The highest BCUT2D eigenvalue weighted by Gasteiger charge is 2.31. The predicted octanol–water partition coefficient (Wildman–Crippen LogP) is 2.94. The SMILES string of the molecule is CNc1ncc(CN2CC(Oc3cnc(OC)cc3C)CC2C)s1. The van der Waals surface area contributed by atoms with E-state index in [1.165, 1.54) is 4.88 Å². The minimum absolute atomic E-state index is 0.186. The van der Waals surface area contributed by atoms with Crippen LogP contribution in [0.5, 0.6) is 11.6 Å². The van der Waals surface area contributed by atoms with Crippen LogP contribution in [0.1, 0.15) is 23.8 Å². The number of pyridine rings is 1. The lowest BCUT2D eigenvalue weighted by Gasteiger charge is -2.19. The number of nitrogens with one attached hydrogen (secondary N) is 1. The van der Waals surface area contributed by atoms with Gasteiger partial charge in [-0.3, -0.25) is 4.90 Å². The molecule has 0 aromatic carbocycles. The predicted molar refractivity (Wildman–Crippen MR) is 96.1 cm³/mol. The summed E-state index contributed by atoms with van der Waals surface area (Å²) in [5, 5.41) is 4.05. The van der Waals surface area contributed by atoms with E-state index in [0.717, 1.165) is 36.0 Å². The number of rotatable bonds is 6. The van der Waals surface area contributed by atoms with Crippen LogP contribution in [0.4, 0.5) is 5.13 Å². The van der Waals surface area contributed by atoms with Crippen molar-refractivity contribution in [2.24, 2.45) is 0 Å². The first-order valence-electron chi connectivity index (χ1n) is 8.13. The molecule has 1 saturated heterocycles. The maximum Gasteiger partial charge on any atom is 0.213 e. The van der Waals surface area contributed by atoms with Gasteiger partial charge in [-0.15, -0.1) is 11.3 Å². The van der Waals surface area contributed by atoms with Gasteiger partial charge in [0.25, 0.3) is 0 Å². The normalized spacial score (nSPS) is 21.0. The second-order valence-electron chi connectivity index (χ2n) is 6.13. The number of hydrogen-bond acceptors (Lipinski definition) is 7. The fourth-order valence-corrected chi connectivity index (χ4v) is 3.77. The Labute approximate surface area is 146 Å². The van der Waals surface area contributed by atoms with Gasteiger partial charge in [-0.05, 0) is 19.4 Å². The van der Waals surface area contributed by atoms with E-state index in [1.807, 2.05) is 26.2 Å². The summed E-state index contributed by atoms with van der Waals surface area (Å²) < 4.78 is 11.3. The van der Waals surface area contributed by atoms with Crippen LogP contribution in [-0.2, 0) is 6.54 Å². The van der Waals surface area contributed by atoms with Crippen LogP contribution >= 0.6 is 11.3 Å². The largest absolute Gasteiger partial charge is 0.487 e. The number of methoxy groups -OCH3 is 1. The summed E-state index contributed by atoms with van der Waals surface area (Å²) in [6.07, 6.45) is 4.91. The first-order valence-corrected chi connectivity index (χ1v) is 8.94. The van der Waals surface area contributed by atoms with Gasteiger partial charge >= 0.3 is 0 Å². The van der Waals surface area contributed by atoms with Crippen LogP contribution in [0.2, 0.25) is 0 Å². The highest BCUT2D eigenvalue weighted by Crippen LogP contribution is 2.28. The Hall–Kier alpha value is -1.86. The molecule has 2 aromatic heterocycles. The van der Waals surface area contributed by atoms with Crippen LogP contribution in [0.25, 0.3) is 0 Å². The Morgan fingerprint density at radius 2 is 2.21 bits per heavy atom. The number of likely N-dealkylation sites (tertiary alicyclic amines) is 1. The number of nitrogens with zero attached hydrogens (tertiary/aromatic N) is 3. The molecular weight excluding hydrogens is 324 g/mol. The Morgan fingerprint density at radius 3 is 2.88 bits per heavy atom. The smallest absolute Gasteiger partial charge is 0.213 e. The quantitative estimate of drug-likeness (QED) is 0.866. The zero-order valence-electron chi connectivity index (χ0n) is 14.6. The number of aromatic nitrogens is 2. The van der Waals surface area contributed by atoms with Crippen LogP contribution in [0, 0.1) is 6.92 Å². The molecule has 1 N–H and O–H groups in total. The Kier molecular flexibility index (Phi) is 5.20. The summed E-state index contributed by atoms with van der Waals surface area (Å²) in [5.41, 5.74) is 1.05. The minimum Gasteiger partial charge on any atom is -0.487 e. The van der Waals surface area contributed by atoms with Crippen LogP contribution in [0.3, 0.4) is 0 Å². The van der Waals surface area contributed by atoms with Crippen molar-refractivity contribution in [2.45, 2.75) is 39.0 Å². The molecule has 7 heteroatoms. The van der Waals surface area contributed by atoms with Gasteiger partial charge in [0, 0.05) is 49.7 Å². The van der Waals surface area contributed by atoms with Crippen molar-refractivity contribution in [3.63, 3.8) is 0 Å². The lowest BCUT2D eigenvalue weighted by atomic mass is 10.2. The number of ether oxygens (including phenoxy) is 2.